The number of rotatable bonds is 3. The van der Waals surface area contributed by atoms with Gasteiger partial charge in [0.2, 0.25) is 0 Å². The Labute approximate surface area is 81.3 Å². The summed E-state index contributed by atoms with van der Waals surface area (Å²) in [5.41, 5.74) is 1.30. The smallest absolute Gasteiger partial charge is 0.354 e. The van der Waals surface area contributed by atoms with Gasteiger partial charge in [-0.3, -0.25) is 4.68 Å². The number of aliphatic hydroxyl groups is 1. The number of aliphatic hydroxyl groups excluding tert-OH is 1. The summed E-state index contributed by atoms with van der Waals surface area (Å²) in [5, 5.41) is 21.5. The second-order valence-corrected chi connectivity index (χ2v) is 2.86. The first-order valence-corrected chi connectivity index (χ1v) is 4.12. The Morgan fingerprint density at radius 1 is 1.64 bits per heavy atom. The van der Waals surface area contributed by atoms with Crippen molar-refractivity contribution in [3.05, 3.63) is 23.0 Å². The number of aromatic carboxylic acids is 1. The van der Waals surface area contributed by atoms with Crippen LogP contribution in [0.2, 0.25) is 0 Å². The van der Waals surface area contributed by atoms with Gasteiger partial charge in [-0.1, -0.05) is 12.2 Å². The number of carboxylic acid groups (broad SMARTS) is 1. The first-order valence-electron chi connectivity index (χ1n) is 4.12. The molecule has 0 bridgehead atoms. The summed E-state index contributed by atoms with van der Waals surface area (Å²) < 4.78 is 1.31. The summed E-state index contributed by atoms with van der Waals surface area (Å²) in [4.78, 5) is 10.9. The van der Waals surface area contributed by atoms with Crippen molar-refractivity contribution in [2.45, 2.75) is 6.92 Å². The molecule has 0 radical (unpaired) electrons. The van der Waals surface area contributed by atoms with E-state index >= 15 is 0 Å². The van der Waals surface area contributed by atoms with Crippen molar-refractivity contribution in [1.29, 1.82) is 0 Å². The normalized spacial score (nSPS) is 11.1. The maximum atomic E-state index is 10.9. The molecule has 1 rings (SSSR count). The number of carbonyl (C=O) groups is 1. The number of nitrogens with zero attached hydrogens (tertiary/aromatic N) is 2. The van der Waals surface area contributed by atoms with Gasteiger partial charge in [0.25, 0.3) is 0 Å². The van der Waals surface area contributed by atoms with Crippen molar-refractivity contribution in [2.75, 3.05) is 6.61 Å². The molecule has 1 heterocycles. The number of aryl methyl sites for hydroxylation is 2. The second kappa shape index (κ2) is 4.06. The summed E-state index contributed by atoms with van der Waals surface area (Å²) >= 11 is 0. The molecule has 0 amide bonds. The Morgan fingerprint density at radius 3 is 2.79 bits per heavy atom. The van der Waals surface area contributed by atoms with Crippen LogP contribution in [0, 0.1) is 6.92 Å². The van der Waals surface area contributed by atoms with Crippen LogP contribution >= 0.6 is 0 Å². The molecule has 5 nitrogen and oxygen atoms in total. The van der Waals surface area contributed by atoms with E-state index < -0.39 is 5.97 Å². The van der Waals surface area contributed by atoms with Crippen molar-refractivity contribution in [1.82, 2.24) is 9.78 Å². The Balaban J connectivity index is 3.25. The lowest BCUT2D eigenvalue weighted by molar-refractivity contribution is 0.0684. The topological polar surface area (TPSA) is 75.4 Å². The predicted octanol–water partition coefficient (Wildman–Crippen LogP) is 0.432. The third-order valence-electron chi connectivity index (χ3n) is 1.86. The Morgan fingerprint density at radius 2 is 2.29 bits per heavy atom. The van der Waals surface area contributed by atoms with Crippen molar-refractivity contribution < 1.29 is 15.0 Å². The van der Waals surface area contributed by atoms with Crippen LogP contribution in [0.3, 0.4) is 0 Å². The predicted molar refractivity (Wildman–Crippen MR) is 51.0 cm³/mol. The standard InChI is InChI=1S/C9H12N2O3/c1-6-7(4-3-5-12)8(9(13)14)11(2)10-6/h3-4,12H,5H2,1-2H3,(H,13,14). The lowest BCUT2D eigenvalue weighted by atomic mass is 10.1. The highest BCUT2D eigenvalue weighted by atomic mass is 16.4. The Kier molecular flexibility index (Phi) is 3.03. The van der Waals surface area contributed by atoms with Crippen LogP contribution in [0.4, 0.5) is 0 Å². The number of aromatic nitrogens is 2. The van der Waals surface area contributed by atoms with Gasteiger partial charge in [-0.15, -0.1) is 0 Å². The summed E-state index contributed by atoms with van der Waals surface area (Å²) in [7, 11) is 1.58. The van der Waals surface area contributed by atoms with Gasteiger partial charge >= 0.3 is 5.97 Å². The van der Waals surface area contributed by atoms with Gasteiger partial charge in [0.15, 0.2) is 5.69 Å². The quantitative estimate of drug-likeness (QED) is 0.735. The molecule has 5 heteroatoms. The van der Waals surface area contributed by atoms with Gasteiger partial charge in [0, 0.05) is 12.6 Å². The van der Waals surface area contributed by atoms with Crippen molar-refractivity contribution >= 4 is 12.0 Å². The molecule has 1 aromatic rings. The highest BCUT2D eigenvalue weighted by molar-refractivity contribution is 5.90. The molecule has 0 aromatic carbocycles. The fraction of sp³-hybridized carbons (Fsp3) is 0.333. The number of hydrogen-bond acceptors (Lipinski definition) is 3. The molecule has 0 unspecified atom stereocenters. The van der Waals surface area contributed by atoms with E-state index in [-0.39, 0.29) is 12.3 Å². The summed E-state index contributed by atoms with van der Waals surface area (Å²) in [6.07, 6.45) is 3.04. The zero-order valence-electron chi connectivity index (χ0n) is 8.06. The average molecular weight is 196 g/mol. The molecule has 0 spiro atoms. The zero-order chi connectivity index (χ0) is 10.7. The molecule has 0 saturated heterocycles. The number of hydrogen-bond donors (Lipinski definition) is 2. The largest absolute Gasteiger partial charge is 0.477 e. The van der Waals surface area contributed by atoms with E-state index in [0.29, 0.717) is 11.3 Å². The van der Waals surface area contributed by atoms with Crippen LogP contribution in [-0.2, 0) is 7.05 Å². The van der Waals surface area contributed by atoms with Crippen LogP contribution < -0.4 is 0 Å². The van der Waals surface area contributed by atoms with Gasteiger partial charge in [-0.2, -0.15) is 5.10 Å². The molecule has 1 aromatic heterocycles. The van der Waals surface area contributed by atoms with Crippen molar-refractivity contribution in [3.8, 4) is 0 Å². The Bertz CT molecular complexity index is 380. The molecule has 0 aliphatic carbocycles. The molecular formula is C9H12N2O3. The van der Waals surface area contributed by atoms with E-state index in [0.717, 1.165) is 0 Å². The first-order chi connectivity index (χ1) is 6.57. The third-order valence-corrected chi connectivity index (χ3v) is 1.86. The van der Waals surface area contributed by atoms with E-state index in [9.17, 15) is 4.79 Å². The van der Waals surface area contributed by atoms with Crippen molar-refractivity contribution in [3.63, 3.8) is 0 Å². The molecule has 14 heavy (non-hydrogen) atoms. The Hall–Kier alpha value is -1.62. The molecule has 0 saturated carbocycles. The SMILES string of the molecule is Cc1nn(C)c(C(=O)O)c1C=CCO. The second-order valence-electron chi connectivity index (χ2n) is 2.86. The zero-order valence-corrected chi connectivity index (χ0v) is 8.06. The van der Waals surface area contributed by atoms with Gasteiger partial charge in [-0.05, 0) is 6.92 Å². The van der Waals surface area contributed by atoms with E-state index in [1.54, 1.807) is 20.0 Å². The van der Waals surface area contributed by atoms with Gasteiger partial charge in [0.05, 0.1) is 12.3 Å². The van der Waals surface area contributed by atoms with E-state index in [1.807, 2.05) is 0 Å². The fourth-order valence-corrected chi connectivity index (χ4v) is 1.30. The van der Waals surface area contributed by atoms with E-state index in [1.165, 1.54) is 10.8 Å². The molecule has 76 valence electrons. The summed E-state index contributed by atoms with van der Waals surface area (Å²) in [6.45, 7) is 1.61. The average Bonchev–Trinajstić information content (AvgIpc) is 2.37. The maximum absolute atomic E-state index is 10.9. The lowest BCUT2D eigenvalue weighted by Crippen LogP contribution is -2.06. The maximum Gasteiger partial charge on any atom is 0.354 e. The van der Waals surface area contributed by atoms with Crippen LogP contribution in [0.15, 0.2) is 6.08 Å². The van der Waals surface area contributed by atoms with Crippen LogP contribution in [0.25, 0.3) is 6.08 Å². The third kappa shape index (κ3) is 1.82. The molecule has 0 aliphatic heterocycles. The molecule has 0 aliphatic rings. The highest BCUT2D eigenvalue weighted by Crippen LogP contribution is 2.14. The van der Waals surface area contributed by atoms with Gasteiger partial charge in [0.1, 0.15) is 0 Å². The minimum absolute atomic E-state index is 0.118. The monoisotopic (exact) mass is 196 g/mol. The van der Waals surface area contributed by atoms with Crippen LogP contribution in [-0.4, -0.2) is 32.6 Å². The van der Waals surface area contributed by atoms with Gasteiger partial charge in [-0.25, -0.2) is 4.79 Å². The molecule has 0 atom stereocenters. The fourth-order valence-electron chi connectivity index (χ4n) is 1.30. The molecule has 0 fully saturated rings. The molecule has 2 N–H and O–H groups in total. The minimum Gasteiger partial charge on any atom is -0.477 e. The minimum atomic E-state index is -1.02. The van der Waals surface area contributed by atoms with Crippen molar-refractivity contribution in [2.24, 2.45) is 7.05 Å². The first kappa shape index (κ1) is 10.5. The van der Waals surface area contributed by atoms with Gasteiger partial charge < -0.3 is 10.2 Å². The lowest BCUT2D eigenvalue weighted by Gasteiger charge is -1.96. The summed E-state index contributed by atoms with van der Waals surface area (Å²) in [6, 6.07) is 0. The van der Waals surface area contributed by atoms with E-state index in [2.05, 4.69) is 5.10 Å². The van der Waals surface area contributed by atoms with Crippen LogP contribution in [0.5, 0.6) is 0 Å². The summed E-state index contributed by atoms with van der Waals surface area (Å²) in [5.74, 6) is -1.02. The molecular weight excluding hydrogens is 184 g/mol. The van der Waals surface area contributed by atoms with E-state index in [4.69, 9.17) is 10.2 Å². The van der Waals surface area contributed by atoms with Crippen LogP contribution in [0.1, 0.15) is 21.7 Å². The number of carboxylic acids is 1. The highest BCUT2D eigenvalue weighted by Gasteiger charge is 2.16.